The lowest BCUT2D eigenvalue weighted by atomic mass is 10.0. The second kappa shape index (κ2) is 21.9. The van der Waals surface area contributed by atoms with E-state index in [9.17, 15) is 9.59 Å². The monoisotopic (exact) mass is 818 g/mol. The number of aliphatic hydroxyl groups excluding tert-OH is 1. The van der Waals surface area contributed by atoms with Gasteiger partial charge in [-0.2, -0.15) is 0 Å². The third kappa shape index (κ3) is 11.5. The van der Waals surface area contributed by atoms with E-state index in [0.717, 1.165) is 60.4 Å². The molecule has 0 fully saturated rings. The number of nitrogens with zero attached hydrogens (tertiary/aromatic N) is 2. The van der Waals surface area contributed by atoms with Crippen molar-refractivity contribution >= 4 is 39.6 Å². The zero-order valence-electron chi connectivity index (χ0n) is 36.2. The molecule has 0 aliphatic heterocycles. The van der Waals surface area contributed by atoms with E-state index in [2.05, 4.69) is 144 Å². The van der Waals surface area contributed by atoms with E-state index in [1.165, 1.54) is 45.8 Å². The van der Waals surface area contributed by atoms with E-state index in [1.54, 1.807) is 6.20 Å². The molecule has 6 aromatic carbocycles. The smallest absolute Gasteiger partial charge is 0.379 e. The Morgan fingerprint density at radius 1 is 0.613 bits per heavy atom. The molecule has 0 bridgehead atoms. The SMILES string of the molecule is CC1C=Cc2cc(C#Cc3ccccc3)ccc21.CO.COC(=O)C(=O)c1cn(C)c2ccc(CCc3ccccc3)cc12.Cn1ccc2cc(CCc3ccccc3)ccc21. The molecule has 0 spiro atoms. The number of rotatable bonds is 8. The van der Waals surface area contributed by atoms with Gasteiger partial charge in [0, 0.05) is 61.1 Å². The van der Waals surface area contributed by atoms with Crippen LogP contribution in [0.2, 0.25) is 0 Å². The molecule has 0 saturated carbocycles. The highest BCUT2D eigenvalue weighted by Gasteiger charge is 2.22. The van der Waals surface area contributed by atoms with Gasteiger partial charge in [0.1, 0.15) is 0 Å². The van der Waals surface area contributed by atoms with E-state index in [4.69, 9.17) is 5.11 Å². The van der Waals surface area contributed by atoms with Gasteiger partial charge in [0.2, 0.25) is 0 Å². The van der Waals surface area contributed by atoms with E-state index < -0.39 is 11.8 Å². The van der Waals surface area contributed by atoms with Gasteiger partial charge in [0.25, 0.3) is 5.78 Å². The van der Waals surface area contributed by atoms with Gasteiger partial charge in [-0.1, -0.05) is 128 Å². The number of carbonyl (C=O) groups is 2. The van der Waals surface area contributed by atoms with Crippen LogP contribution in [0.25, 0.3) is 27.9 Å². The Hall–Kier alpha value is -7.20. The highest BCUT2D eigenvalue weighted by atomic mass is 16.5. The largest absolute Gasteiger partial charge is 0.463 e. The first-order valence-electron chi connectivity index (χ1n) is 20.9. The van der Waals surface area contributed by atoms with Gasteiger partial charge in [-0.25, -0.2) is 4.79 Å². The molecule has 312 valence electrons. The van der Waals surface area contributed by atoms with Gasteiger partial charge in [-0.05, 0) is 125 Å². The number of benzene rings is 6. The molecule has 1 atom stereocenters. The summed E-state index contributed by atoms with van der Waals surface area (Å²) < 4.78 is 8.58. The van der Waals surface area contributed by atoms with Crippen molar-refractivity contribution in [1.82, 2.24) is 9.13 Å². The Balaban J connectivity index is 0.000000154. The fourth-order valence-corrected chi connectivity index (χ4v) is 7.56. The van der Waals surface area contributed by atoms with Crippen molar-refractivity contribution in [2.75, 3.05) is 14.2 Å². The fraction of sp³-hybridized carbons (Fsp3) is 0.179. The normalized spacial score (nSPS) is 12.1. The molecule has 0 radical (unpaired) electrons. The summed E-state index contributed by atoms with van der Waals surface area (Å²) in [5, 5.41) is 9.13. The zero-order valence-corrected chi connectivity index (χ0v) is 36.2. The average molecular weight is 819 g/mol. The second-order valence-corrected chi connectivity index (χ2v) is 15.2. The maximum Gasteiger partial charge on any atom is 0.379 e. The second-order valence-electron chi connectivity index (χ2n) is 15.2. The Morgan fingerprint density at radius 3 is 1.81 bits per heavy atom. The predicted molar refractivity (Wildman–Crippen MR) is 254 cm³/mol. The van der Waals surface area contributed by atoms with Gasteiger partial charge >= 0.3 is 5.97 Å². The van der Waals surface area contributed by atoms with Crippen LogP contribution in [0.3, 0.4) is 0 Å². The molecule has 6 nitrogen and oxygen atoms in total. The number of fused-ring (bicyclic) bond motifs is 3. The lowest BCUT2D eigenvalue weighted by Crippen LogP contribution is -2.15. The molecule has 62 heavy (non-hydrogen) atoms. The summed E-state index contributed by atoms with van der Waals surface area (Å²) in [6.07, 6.45) is 12.2. The number of aromatic nitrogens is 2. The van der Waals surface area contributed by atoms with Crippen molar-refractivity contribution in [1.29, 1.82) is 0 Å². The summed E-state index contributed by atoms with van der Waals surface area (Å²) in [6, 6.07) is 52.5. The predicted octanol–water partition coefficient (Wildman–Crippen LogP) is 11.1. The number of Topliss-reactive ketones (excluding diaryl/α,β-unsaturated/α-hetero) is 1. The number of allylic oxidation sites excluding steroid dienone is 1. The van der Waals surface area contributed by atoms with Crippen LogP contribution in [0.15, 0.2) is 170 Å². The van der Waals surface area contributed by atoms with Crippen LogP contribution in [0.1, 0.15) is 67.7 Å². The molecule has 2 heterocycles. The van der Waals surface area contributed by atoms with Crippen LogP contribution >= 0.6 is 0 Å². The first-order valence-corrected chi connectivity index (χ1v) is 20.9. The lowest BCUT2D eigenvalue weighted by molar-refractivity contribution is -0.135. The molecule has 1 unspecified atom stereocenters. The molecular weight excluding hydrogens is 765 g/mol. The zero-order chi connectivity index (χ0) is 43.8. The van der Waals surface area contributed by atoms with Crippen LogP contribution in [0, 0.1) is 11.8 Å². The number of ether oxygens (including phenoxy) is 1. The lowest BCUT2D eigenvalue weighted by Gasteiger charge is -2.04. The van der Waals surface area contributed by atoms with Crippen LogP contribution in [-0.2, 0) is 49.3 Å². The Morgan fingerprint density at radius 2 is 1.18 bits per heavy atom. The van der Waals surface area contributed by atoms with Gasteiger partial charge in [0.15, 0.2) is 0 Å². The molecular formula is C56H54N2O4. The van der Waals surface area contributed by atoms with Gasteiger partial charge in [-0.3, -0.25) is 4.79 Å². The molecule has 8 aromatic rings. The van der Waals surface area contributed by atoms with Crippen LogP contribution in [0.5, 0.6) is 0 Å². The van der Waals surface area contributed by atoms with E-state index in [-0.39, 0.29) is 0 Å². The van der Waals surface area contributed by atoms with Crippen molar-refractivity contribution in [3.63, 3.8) is 0 Å². The summed E-state index contributed by atoms with van der Waals surface area (Å²) >= 11 is 0. The molecule has 6 heteroatoms. The summed E-state index contributed by atoms with van der Waals surface area (Å²) in [7, 11) is 6.17. The summed E-state index contributed by atoms with van der Waals surface area (Å²) in [5.74, 6) is 5.50. The summed E-state index contributed by atoms with van der Waals surface area (Å²) in [6.45, 7) is 2.22. The van der Waals surface area contributed by atoms with E-state index >= 15 is 0 Å². The van der Waals surface area contributed by atoms with Crippen molar-refractivity contribution in [3.05, 3.63) is 220 Å². The number of aryl methyl sites for hydroxylation is 6. The molecule has 2 aromatic heterocycles. The van der Waals surface area contributed by atoms with Gasteiger partial charge < -0.3 is 19.0 Å². The van der Waals surface area contributed by atoms with Crippen LogP contribution in [-0.4, -0.2) is 40.2 Å². The molecule has 1 aliphatic rings. The van der Waals surface area contributed by atoms with E-state index in [1.807, 2.05) is 72.3 Å². The minimum absolute atomic E-state index is 0.390. The quantitative estimate of drug-likeness (QED) is 0.0717. The third-order valence-corrected chi connectivity index (χ3v) is 11.0. The number of esters is 1. The van der Waals surface area contributed by atoms with E-state index in [0.29, 0.717) is 11.5 Å². The molecule has 1 N–H and O–H groups in total. The Labute approximate surface area is 365 Å². The molecule has 0 amide bonds. The third-order valence-electron chi connectivity index (χ3n) is 11.0. The highest BCUT2D eigenvalue weighted by molar-refractivity contribution is 6.43. The number of ketones is 1. The number of hydrogen-bond acceptors (Lipinski definition) is 4. The number of methoxy groups -OCH3 is 1. The maximum absolute atomic E-state index is 12.2. The number of carbonyl (C=O) groups excluding carboxylic acids is 2. The van der Waals surface area contributed by atoms with Crippen LogP contribution < -0.4 is 0 Å². The standard InChI is InChI=1S/C20H19NO3.C18H14.C17H17N.CH4O/c1-21-13-17(19(22)20(23)24-2)16-12-15(10-11-18(16)21)9-8-14-6-4-3-5-7-14;1-14-7-11-17-13-16(10-12-18(14)17)9-8-15-5-3-2-4-6-15;1-18-12-11-16-13-15(9-10-17(16)18)8-7-14-5-3-2-4-6-14;1-2/h3-7,10-13H,8-9H2,1-2H3;2-7,10-14H,1H3;2-6,9-13H,7-8H2,1H3;2H,1H3. The van der Waals surface area contributed by atoms with Gasteiger partial charge in [0.05, 0.1) is 12.7 Å². The molecule has 9 rings (SSSR count). The van der Waals surface area contributed by atoms with Crippen molar-refractivity contribution in [3.8, 4) is 11.8 Å². The Kier molecular flexibility index (Phi) is 15.7. The summed E-state index contributed by atoms with van der Waals surface area (Å²) in [5.41, 5.74) is 12.7. The Bertz CT molecular complexity index is 2820. The summed E-state index contributed by atoms with van der Waals surface area (Å²) in [4.78, 5) is 23.8. The van der Waals surface area contributed by atoms with Gasteiger partial charge in [-0.15, -0.1) is 0 Å². The first-order chi connectivity index (χ1) is 30.2. The first kappa shape index (κ1) is 44.4. The minimum Gasteiger partial charge on any atom is -0.463 e. The fourth-order valence-electron chi connectivity index (χ4n) is 7.56. The van der Waals surface area contributed by atoms with Crippen molar-refractivity contribution in [2.45, 2.75) is 38.5 Å². The van der Waals surface area contributed by atoms with Crippen molar-refractivity contribution in [2.24, 2.45) is 14.1 Å². The minimum atomic E-state index is -0.836. The number of aliphatic hydroxyl groups is 1. The highest BCUT2D eigenvalue weighted by Crippen LogP contribution is 2.30. The van der Waals surface area contributed by atoms with Crippen LogP contribution in [0.4, 0.5) is 0 Å². The topological polar surface area (TPSA) is 73.5 Å². The average Bonchev–Trinajstić information content (AvgIpc) is 4.01. The van der Waals surface area contributed by atoms with Crippen molar-refractivity contribution < 1.29 is 19.4 Å². The maximum atomic E-state index is 12.2. The number of hydrogen-bond donors (Lipinski definition) is 1. The molecule has 0 saturated heterocycles. The molecule has 1 aliphatic carbocycles.